The van der Waals surface area contributed by atoms with Gasteiger partial charge >= 0.3 is 0 Å². The molecule has 0 aromatic carbocycles. The van der Waals surface area contributed by atoms with Crippen molar-refractivity contribution in [2.24, 2.45) is 0 Å². The minimum absolute atomic E-state index is 0.0388. The molecule has 0 bridgehead atoms. The monoisotopic (exact) mass is 418 g/mol. The molecule has 0 radical (unpaired) electrons. The standard InChI is InChI=1S/C21H38O8/c1-13(6-5-7-14(2)10-11-22)8-9-16(21(3,4)27)29-20-19(26)18(25)17(24)15(12-23)28-20/h6,10,15-20,22-27H,5,7-9,11-12H2,1-4H3/b13-6+,14-10+/t15-,16?,17-,18+,19-,20+/m1/s1. The van der Waals surface area contributed by atoms with Crippen LogP contribution in [0.25, 0.3) is 0 Å². The molecular weight excluding hydrogens is 380 g/mol. The largest absolute Gasteiger partial charge is 0.394 e. The SMILES string of the molecule is C/C(=C\CO)CC/C=C(\C)CCC(O[C@@H]1O[C@H](CO)[C@@H](O)[C@H](O)[C@H]1O)C(C)(C)O. The van der Waals surface area contributed by atoms with Crippen molar-refractivity contribution < 1.29 is 40.1 Å². The van der Waals surface area contributed by atoms with E-state index in [0.29, 0.717) is 12.8 Å². The Labute approximate surface area is 173 Å². The Bertz CT molecular complexity index is 537. The first kappa shape index (κ1) is 26.2. The molecule has 29 heavy (non-hydrogen) atoms. The Morgan fingerprint density at radius 2 is 1.62 bits per heavy atom. The van der Waals surface area contributed by atoms with Crippen LogP contribution in [0.4, 0.5) is 0 Å². The maximum absolute atomic E-state index is 10.5. The highest BCUT2D eigenvalue weighted by Crippen LogP contribution is 2.28. The summed E-state index contributed by atoms with van der Waals surface area (Å²) in [5.74, 6) is 0. The molecule has 8 nitrogen and oxygen atoms in total. The minimum atomic E-state index is -1.52. The number of hydrogen-bond acceptors (Lipinski definition) is 8. The lowest BCUT2D eigenvalue weighted by Crippen LogP contribution is -2.60. The summed E-state index contributed by atoms with van der Waals surface area (Å²) in [5, 5.41) is 58.6. The molecule has 1 aliphatic heterocycles. The summed E-state index contributed by atoms with van der Waals surface area (Å²) in [6, 6.07) is 0. The van der Waals surface area contributed by atoms with Gasteiger partial charge in [0.25, 0.3) is 0 Å². The number of allylic oxidation sites excluding steroid dienone is 3. The fourth-order valence-corrected chi connectivity index (χ4v) is 3.19. The predicted molar refractivity (Wildman–Crippen MR) is 108 cm³/mol. The molecule has 1 aliphatic rings. The summed E-state index contributed by atoms with van der Waals surface area (Å²) in [6.45, 7) is 6.63. The van der Waals surface area contributed by atoms with Gasteiger partial charge in [0.1, 0.15) is 24.4 Å². The van der Waals surface area contributed by atoms with Gasteiger partial charge in [-0.25, -0.2) is 0 Å². The van der Waals surface area contributed by atoms with Crippen LogP contribution in [0.2, 0.25) is 0 Å². The first-order valence-electron chi connectivity index (χ1n) is 10.1. The van der Waals surface area contributed by atoms with Crippen molar-refractivity contribution in [1.29, 1.82) is 0 Å². The number of aliphatic hydroxyl groups excluding tert-OH is 5. The molecule has 8 heteroatoms. The second-order valence-corrected chi connectivity index (χ2v) is 8.34. The molecule has 1 heterocycles. The molecule has 1 fully saturated rings. The highest BCUT2D eigenvalue weighted by molar-refractivity contribution is 5.04. The first-order chi connectivity index (χ1) is 13.5. The third-order valence-electron chi connectivity index (χ3n) is 5.21. The third kappa shape index (κ3) is 8.43. The first-order valence-corrected chi connectivity index (χ1v) is 10.1. The van der Waals surface area contributed by atoms with Crippen LogP contribution in [0.15, 0.2) is 23.3 Å². The third-order valence-corrected chi connectivity index (χ3v) is 5.21. The van der Waals surface area contributed by atoms with E-state index in [4.69, 9.17) is 14.6 Å². The van der Waals surface area contributed by atoms with Crippen molar-refractivity contribution in [3.05, 3.63) is 23.3 Å². The molecule has 0 spiro atoms. The average Bonchev–Trinajstić information content (AvgIpc) is 2.64. The summed E-state index contributed by atoms with van der Waals surface area (Å²) in [7, 11) is 0. The highest BCUT2D eigenvalue weighted by atomic mass is 16.7. The van der Waals surface area contributed by atoms with Gasteiger partial charge in [0.2, 0.25) is 0 Å². The van der Waals surface area contributed by atoms with Crippen molar-refractivity contribution in [2.45, 2.75) is 95.8 Å². The Morgan fingerprint density at radius 3 is 2.17 bits per heavy atom. The van der Waals surface area contributed by atoms with Crippen LogP contribution in [-0.2, 0) is 9.47 Å². The fourth-order valence-electron chi connectivity index (χ4n) is 3.19. The molecule has 1 unspecified atom stereocenters. The second-order valence-electron chi connectivity index (χ2n) is 8.34. The van der Waals surface area contributed by atoms with Crippen LogP contribution in [0.3, 0.4) is 0 Å². The van der Waals surface area contributed by atoms with E-state index in [-0.39, 0.29) is 6.61 Å². The van der Waals surface area contributed by atoms with Crippen molar-refractivity contribution >= 4 is 0 Å². The molecule has 6 N–H and O–H groups in total. The second kappa shape index (κ2) is 12.1. The van der Waals surface area contributed by atoms with Gasteiger partial charge < -0.3 is 40.1 Å². The molecule has 0 aromatic heterocycles. The van der Waals surface area contributed by atoms with Gasteiger partial charge in [-0.1, -0.05) is 23.3 Å². The van der Waals surface area contributed by atoms with Gasteiger partial charge in [0.15, 0.2) is 6.29 Å². The van der Waals surface area contributed by atoms with Gasteiger partial charge in [0.05, 0.1) is 24.9 Å². The van der Waals surface area contributed by atoms with Gasteiger partial charge in [-0.3, -0.25) is 0 Å². The normalized spacial score (nSPS) is 30.5. The van der Waals surface area contributed by atoms with Crippen molar-refractivity contribution in [3.8, 4) is 0 Å². The van der Waals surface area contributed by atoms with Crippen molar-refractivity contribution in [3.63, 3.8) is 0 Å². The molecule has 170 valence electrons. The predicted octanol–water partition coefficient (Wildman–Crippen LogP) is 0.388. The summed E-state index contributed by atoms with van der Waals surface area (Å²) in [6.07, 6.45) is -0.848. The van der Waals surface area contributed by atoms with E-state index in [1.54, 1.807) is 19.9 Å². The van der Waals surface area contributed by atoms with Crippen molar-refractivity contribution in [1.82, 2.24) is 0 Å². The van der Waals surface area contributed by atoms with E-state index in [1.165, 1.54) is 0 Å². The lowest BCUT2D eigenvalue weighted by atomic mass is 9.94. The van der Waals surface area contributed by atoms with Gasteiger partial charge in [0, 0.05) is 0 Å². The van der Waals surface area contributed by atoms with Gasteiger partial charge in [-0.2, -0.15) is 0 Å². The number of rotatable bonds is 11. The molecule has 0 aromatic rings. The highest BCUT2D eigenvalue weighted by Gasteiger charge is 2.46. The van der Waals surface area contributed by atoms with Crippen LogP contribution < -0.4 is 0 Å². The summed E-state index contributed by atoms with van der Waals surface area (Å²) in [5.41, 5.74) is 1.00. The van der Waals surface area contributed by atoms with Gasteiger partial charge in [-0.05, 0) is 53.4 Å². The van der Waals surface area contributed by atoms with Crippen LogP contribution in [0.1, 0.15) is 53.4 Å². The zero-order valence-electron chi connectivity index (χ0n) is 17.9. The molecule has 0 amide bonds. The smallest absolute Gasteiger partial charge is 0.187 e. The Balaban J connectivity index is 2.70. The molecule has 0 aliphatic carbocycles. The molecular formula is C21H38O8. The van der Waals surface area contributed by atoms with E-state index in [1.807, 2.05) is 13.8 Å². The van der Waals surface area contributed by atoms with Crippen LogP contribution >= 0.6 is 0 Å². The quantitative estimate of drug-likeness (QED) is 0.265. The number of hydrogen-bond donors (Lipinski definition) is 6. The van der Waals surface area contributed by atoms with Crippen LogP contribution in [0, 0.1) is 0 Å². The fraction of sp³-hybridized carbons (Fsp3) is 0.810. The zero-order chi connectivity index (χ0) is 22.2. The lowest BCUT2D eigenvalue weighted by molar-refractivity contribution is -0.322. The minimum Gasteiger partial charge on any atom is -0.394 e. The number of aliphatic hydroxyl groups is 6. The van der Waals surface area contributed by atoms with Crippen LogP contribution in [-0.4, -0.2) is 86.3 Å². The molecule has 1 rings (SSSR count). The average molecular weight is 419 g/mol. The Hall–Kier alpha value is -0.840. The topological polar surface area (TPSA) is 140 Å². The maximum Gasteiger partial charge on any atom is 0.187 e. The van der Waals surface area contributed by atoms with E-state index in [9.17, 15) is 25.5 Å². The van der Waals surface area contributed by atoms with Crippen LogP contribution in [0.5, 0.6) is 0 Å². The number of ether oxygens (including phenoxy) is 2. The molecule has 6 atom stereocenters. The maximum atomic E-state index is 10.5. The summed E-state index contributed by atoms with van der Waals surface area (Å²) in [4.78, 5) is 0. The Kier molecular flexibility index (Phi) is 10.9. The summed E-state index contributed by atoms with van der Waals surface area (Å²) >= 11 is 0. The molecule has 1 saturated heterocycles. The van der Waals surface area contributed by atoms with E-state index >= 15 is 0 Å². The Morgan fingerprint density at radius 1 is 1.00 bits per heavy atom. The van der Waals surface area contributed by atoms with Crippen molar-refractivity contribution in [2.75, 3.05) is 13.2 Å². The van der Waals surface area contributed by atoms with E-state index < -0.39 is 49.0 Å². The van der Waals surface area contributed by atoms with E-state index in [0.717, 1.165) is 24.0 Å². The zero-order valence-corrected chi connectivity index (χ0v) is 17.9. The van der Waals surface area contributed by atoms with Gasteiger partial charge in [-0.15, -0.1) is 0 Å². The summed E-state index contributed by atoms with van der Waals surface area (Å²) < 4.78 is 11.2. The van der Waals surface area contributed by atoms with E-state index in [2.05, 4.69) is 6.08 Å². The molecule has 0 saturated carbocycles. The lowest BCUT2D eigenvalue weighted by Gasteiger charge is -2.42.